The molecule has 0 saturated carbocycles. The van der Waals surface area contributed by atoms with Crippen LogP contribution in [0.25, 0.3) is 0 Å². The highest BCUT2D eigenvalue weighted by atomic mass is 16.3. The average Bonchev–Trinajstić information content (AvgIpc) is 2.35. The van der Waals surface area contributed by atoms with Crippen LogP contribution in [-0.2, 0) is 6.54 Å². The summed E-state index contributed by atoms with van der Waals surface area (Å²) in [7, 11) is 0. The van der Waals surface area contributed by atoms with Crippen molar-refractivity contribution in [3.05, 3.63) is 29.8 Å². The molecule has 1 rings (SSSR count). The van der Waals surface area contributed by atoms with Crippen LogP contribution in [0, 0.1) is 22.7 Å². The third-order valence-corrected chi connectivity index (χ3v) is 2.47. The van der Waals surface area contributed by atoms with Crippen molar-refractivity contribution in [3.8, 4) is 17.9 Å². The Morgan fingerprint density at radius 2 is 1.65 bits per heavy atom. The largest absolute Gasteiger partial charge is 0.508 e. The van der Waals surface area contributed by atoms with Gasteiger partial charge in [0.05, 0.1) is 12.1 Å². The van der Waals surface area contributed by atoms with Gasteiger partial charge < -0.3 is 5.11 Å². The molecule has 0 atom stereocenters. The number of hydrogen-bond acceptors (Lipinski definition) is 4. The first-order chi connectivity index (χ1) is 8.27. The molecule has 4 nitrogen and oxygen atoms in total. The first kappa shape index (κ1) is 13.0. The number of phenolic OH excluding ortho intramolecular Hbond substituents is 1. The standard InChI is InChI=1S/C13H15N3O/c14-7-3-9-16(10-4-8-15)11-12-5-1-2-6-13(12)17/h1-2,5-6,17H,3-4,9-11H2. The van der Waals surface area contributed by atoms with Crippen molar-refractivity contribution in [1.29, 1.82) is 10.5 Å². The molecule has 0 bridgehead atoms. The number of rotatable bonds is 6. The van der Waals surface area contributed by atoms with E-state index >= 15 is 0 Å². The highest BCUT2D eigenvalue weighted by Gasteiger charge is 2.08. The van der Waals surface area contributed by atoms with E-state index in [2.05, 4.69) is 12.1 Å². The topological polar surface area (TPSA) is 71.0 Å². The van der Waals surface area contributed by atoms with Gasteiger partial charge in [0.2, 0.25) is 0 Å². The van der Waals surface area contributed by atoms with E-state index in [1.54, 1.807) is 12.1 Å². The molecule has 17 heavy (non-hydrogen) atoms. The Kier molecular flexibility index (Phi) is 5.57. The van der Waals surface area contributed by atoms with Gasteiger partial charge in [-0.25, -0.2) is 0 Å². The lowest BCUT2D eigenvalue weighted by molar-refractivity contribution is 0.274. The van der Waals surface area contributed by atoms with Crippen LogP contribution >= 0.6 is 0 Å². The number of aromatic hydroxyl groups is 1. The van der Waals surface area contributed by atoms with Gasteiger partial charge in [-0.1, -0.05) is 18.2 Å². The average molecular weight is 229 g/mol. The van der Waals surface area contributed by atoms with Crippen molar-refractivity contribution in [3.63, 3.8) is 0 Å². The Bertz CT molecular complexity index is 413. The fraction of sp³-hybridized carbons (Fsp3) is 0.385. The molecular weight excluding hydrogens is 214 g/mol. The first-order valence-corrected chi connectivity index (χ1v) is 5.51. The van der Waals surface area contributed by atoms with E-state index in [-0.39, 0.29) is 5.75 Å². The van der Waals surface area contributed by atoms with Crippen LogP contribution in [0.15, 0.2) is 24.3 Å². The lowest BCUT2D eigenvalue weighted by Gasteiger charge is -2.20. The van der Waals surface area contributed by atoms with Gasteiger partial charge >= 0.3 is 0 Å². The van der Waals surface area contributed by atoms with Crippen LogP contribution in [0.1, 0.15) is 18.4 Å². The molecular formula is C13H15N3O. The van der Waals surface area contributed by atoms with Gasteiger partial charge in [0, 0.05) is 38.0 Å². The molecule has 0 aliphatic heterocycles. The monoisotopic (exact) mass is 229 g/mol. The third-order valence-electron chi connectivity index (χ3n) is 2.47. The maximum Gasteiger partial charge on any atom is 0.120 e. The van der Waals surface area contributed by atoms with Crippen molar-refractivity contribution < 1.29 is 5.11 Å². The summed E-state index contributed by atoms with van der Waals surface area (Å²) < 4.78 is 0. The first-order valence-electron chi connectivity index (χ1n) is 5.51. The van der Waals surface area contributed by atoms with E-state index in [1.165, 1.54) is 0 Å². The zero-order chi connectivity index (χ0) is 12.5. The highest BCUT2D eigenvalue weighted by molar-refractivity contribution is 5.31. The second kappa shape index (κ2) is 7.27. The van der Waals surface area contributed by atoms with Gasteiger partial charge in [-0.3, -0.25) is 4.90 Å². The summed E-state index contributed by atoms with van der Waals surface area (Å²) in [5.41, 5.74) is 0.823. The van der Waals surface area contributed by atoms with Crippen molar-refractivity contribution in [2.24, 2.45) is 0 Å². The maximum absolute atomic E-state index is 9.65. The van der Waals surface area contributed by atoms with E-state index in [4.69, 9.17) is 10.5 Å². The zero-order valence-electron chi connectivity index (χ0n) is 9.63. The summed E-state index contributed by atoms with van der Waals surface area (Å²) in [5.74, 6) is 0.256. The van der Waals surface area contributed by atoms with E-state index < -0.39 is 0 Å². The second-order valence-electron chi connectivity index (χ2n) is 3.72. The number of phenols is 1. The SMILES string of the molecule is N#CCCN(CCC#N)Cc1ccccc1O. The van der Waals surface area contributed by atoms with Crippen LogP contribution in [-0.4, -0.2) is 23.1 Å². The molecule has 0 fully saturated rings. The molecule has 0 heterocycles. The third kappa shape index (κ3) is 4.55. The summed E-state index contributed by atoms with van der Waals surface area (Å²) >= 11 is 0. The van der Waals surface area contributed by atoms with Gasteiger partial charge in [0.15, 0.2) is 0 Å². The Balaban J connectivity index is 2.62. The zero-order valence-corrected chi connectivity index (χ0v) is 9.63. The number of nitriles is 2. The van der Waals surface area contributed by atoms with Gasteiger partial charge in [0.25, 0.3) is 0 Å². The number of benzene rings is 1. The minimum absolute atomic E-state index is 0.256. The summed E-state index contributed by atoms with van der Waals surface area (Å²) in [6, 6.07) is 11.3. The van der Waals surface area contributed by atoms with E-state index in [0.29, 0.717) is 32.5 Å². The molecule has 0 unspecified atom stereocenters. The molecule has 0 saturated heterocycles. The molecule has 0 radical (unpaired) electrons. The fourth-order valence-corrected chi connectivity index (χ4v) is 1.57. The molecule has 1 N–H and O–H groups in total. The number of hydrogen-bond donors (Lipinski definition) is 1. The molecule has 0 aliphatic carbocycles. The molecule has 1 aromatic rings. The molecule has 0 amide bonds. The van der Waals surface area contributed by atoms with Gasteiger partial charge in [-0.2, -0.15) is 10.5 Å². The second-order valence-corrected chi connectivity index (χ2v) is 3.72. The van der Waals surface area contributed by atoms with Gasteiger partial charge in [0.1, 0.15) is 5.75 Å². The summed E-state index contributed by atoms with van der Waals surface area (Å²) in [4.78, 5) is 2.00. The maximum atomic E-state index is 9.65. The minimum Gasteiger partial charge on any atom is -0.508 e. The Hall–Kier alpha value is -2.04. The molecule has 0 aliphatic rings. The molecule has 4 heteroatoms. The molecule has 0 aromatic heterocycles. The number of nitrogens with zero attached hydrogens (tertiary/aromatic N) is 3. The molecule has 0 spiro atoms. The van der Waals surface area contributed by atoms with Crippen LogP contribution in [0.5, 0.6) is 5.75 Å². The lowest BCUT2D eigenvalue weighted by Crippen LogP contribution is -2.25. The van der Waals surface area contributed by atoms with Gasteiger partial charge in [-0.05, 0) is 6.07 Å². The summed E-state index contributed by atoms with van der Waals surface area (Å²) in [5, 5.41) is 26.8. The van der Waals surface area contributed by atoms with Crippen molar-refractivity contribution >= 4 is 0 Å². The van der Waals surface area contributed by atoms with Crippen LogP contribution < -0.4 is 0 Å². The summed E-state index contributed by atoms with van der Waals surface area (Å²) in [6.07, 6.45) is 0.859. The normalized spacial score (nSPS) is 9.82. The van der Waals surface area contributed by atoms with Gasteiger partial charge in [-0.15, -0.1) is 0 Å². The Morgan fingerprint density at radius 3 is 2.18 bits per heavy atom. The fourth-order valence-electron chi connectivity index (χ4n) is 1.57. The summed E-state index contributed by atoms with van der Waals surface area (Å²) in [6.45, 7) is 1.80. The minimum atomic E-state index is 0.256. The van der Waals surface area contributed by atoms with E-state index in [0.717, 1.165) is 5.56 Å². The lowest BCUT2D eigenvalue weighted by atomic mass is 10.2. The van der Waals surface area contributed by atoms with Crippen LogP contribution in [0.4, 0.5) is 0 Å². The van der Waals surface area contributed by atoms with E-state index in [9.17, 15) is 5.11 Å². The molecule has 88 valence electrons. The van der Waals surface area contributed by atoms with Crippen molar-refractivity contribution in [2.45, 2.75) is 19.4 Å². The van der Waals surface area contributed by atoms with Crippen LogP contribution in [0.2, 0.25) is 0 Å². The van der Waals surface area contributed by atoms with Crippen molar-refractivity contribution in [1.82, 2.24) is 4.90 Å². The predicted octanol–water partition coefficient (Wildman–Crippen LogP) is 2.02. The van der Waals surface area contributed by atoms with E-state index in [1.807, 2.05) is 17.0 Å². The predicted molar refractivity (Wildman–Crippen MR) is 63.8 cm³/mol. The Morgan fingerprint density at radius 1 is 1.06 bits per heavy atom. The van der Waals surface area contributed by atoms with Crippen LogP contribution in [0.3, 0.4) is 0 Å². The molecule has 1 aromatic carbocycles. The van der Waals surface area contributed by atoms with Crippen molar-refractivity contribution in [2.75, 3.05) is 13.1 Å². The smallest absolute Gasteiger partial charge is 0.120 e. The highest BCUT2D eigenvalue weighted by Crippen LogP contribution is 2.17. The quantitative estimate of drug-likeness (QED) is 0.810. The number of para-hydroxylation sites is 1. The Labute approximate surface area is 101 Å².